The summed E-state index contributed by atoms with van der Waals surface area (Å²) in [5.74, 6) is 6.05. The second-order valence-corrected chi connectivity index (χ2v) is 7.65. The summed E-state index contributed by atoms with van der Waals surface area (Å²) in [7, 11) is 0. The van der Waals surface area contributed by atoms with Gasteiger partial charge in [-0.25, -0.2) is 0 Å². The molecule has 1 saturated heterocycles. The highest BCUT2D eigenvalue weighted by Crippen LogP contribution is 2.29. The normalized spacial score (nSPS) is 15.0. The molecular weight excluding hydrogens is 344 g/mol. The predicted molar refractivity (Wildman–Crippen MR) is 115 cm³/mol. The van der Waals surface area contributed by atoms with Crippen molar-refractivity contribution in [1.29, 1.82) is 0 Å². The molecule has 1 aliphatic rings. The van der Waals surface area contributed by atoms with E-state index in [0.29, 0.717) is 0 Å². The highest BCUT2D eigenvalue weighted by Gasteiger charge is 2.13. The van der Waals surface area contributed by atoms with Gasteiger partial charge in [0, 0.05) is 28.4 Å². The second-order valence-electron chi connectivity index (χ2n) is 7.65. The summed E-state index contributed by atoms with van der Waals surface area (Å²) < 4.78 is 0. The van der Waals surface area contributed by atoms with Gasteiger partial charge in [0.15, 0.2) is 0 Å². The molecule has 140 valence electrons. The highest BCUT2D eigenvalue weighted by atomic mass is 15.1. The molecule has 2 N–H and O–H groups in total. The summed E-state index contributed by atoms with van der Waals surface area (Å²) in [6.45, 7) is 5.34. The van der Waals surface area contributed by atoms with Gasteiger partial charge in [-0.2, -0.15) is 5.10 Å². The third-order valence-corrected chi connectivity index (χ3v) is 5.63. The van der Waals surface area contributed by atoms with Crippen molar-refractivity contribution in [2.45, 2.75) is 32.7 Å². The minimum atomic E-state index is 0.958. The van der Waals surface area contributed by atoms with Crippen LogP contribution in [0.2, 0.25) is 0 Å². The van der Waals surface area contributed by atoms with E-state index in [1.54, 1.807) is 0 Å². The van der Waals surface area contributed by atoms with Gasteiger partial charge in [-0.05, 0) is 74.8 Å². The first-order valence-electron chi connectivity index (χ1n) is 10.1. The third-order valence-electron chi connectivity index (χ3n) is 5.63. The monoisotopic (exact) mass is 368 g/mol. The van der Waals surface area contributed by atoms with Gasteiger partial charge >= 0.3 is 0 Å². The van der Waals surface area contributed by atoms with Crippen LogP contribution in [-0.4, -0.2) is 33.2 Å². The fourth-order valence-electron chi connectivity index (χ4n) is 4.23. The number of aromatic nitrogens is 3. The molecule has 1 fully saturated rings. The Morgan fingerprint density at radius 1 is 1.00 bits per heavy atom. The number of hydrogen-bond acceptors (Lipinski definition) is 2. The maximum absolute atomic E-state index is 4.57. The lowest BCUT2D eigenvalue weighted by Gasteiger charge is -2.26. The summed E-state index contributed by atoms with van der Waals surface area (Å²) in [4.78, 5) is 6.10. The molecule has 3 heterocycles. The molecule has 4 aromatic rings. The molecule has 2 aromatic carbocycles. The topological polar surface area (TPSA) is 47.7 Å². The molecule has 2 aromatic heterocycles. The van der Waals surface area contributed by atoms with E-state index in [9.17, 15) is 0 Å². The number of rotatable bonds is 3. The molecule has 0 aliphatic carbocycles. The van der Waals surface area contributed by atoms with E-state index in [0.717, 1.165) is 39.9 Å². The fourth-order valence-corrected chi connectivity index (χ4v) is 4.23. The quantitative estimate of drug-likeness (QED) is 0.496. The van der Waals surface area contributed by atoms with E-state index in [1.165, 1.54) is 43.3 Å². The number of nitrogens with zero attached hydrogens (tertiary/aromatic N) is 2. The van der Waals surface area contributed by atoms with Crippen LogP contribution < -0.4 is 0 Å². The summed E-state index contributed by atoms with van der Waals surface area (Å²) in [5, 5.41) is 10.1. The smallest absolute Gasteiger partial charge is 0.116 e. The average molecular weight is 368 g/mol. The zero-order valence-electron chi connectivity index (χ0n) is 16.2. The van der Waals surface area contributed by atoms with Gasteiger partial charge in [0.2, 0.25) is 0 Å². The van der Waals surface area contributed by atoms with Crippen molar-refractivity contribution in [3.05, 3.63) is 53.6 Å². The van der Waals surface area contributed by atoms with E-state index < -0.39 is 0 Å². The first kappa shape index (κ1) is 17.1. The Kier molecular flexibility index (Phi) is 4.38. The summed E-state index contributed by atoms with van der Waals surface area (Å²) in [6, 6.07) is 15.2. The van der Waals surface area contributed by atoms with Gasteiger partial charge in [-0.1, -0.05) is 18.4 Å². The van der Waals surface area contributed by atoms with E-state index in [-0.39, 0.29) is 0 Å². The van der Waals surface area contributed by atoms with E-state index in [4.69, 9.17) is 0 Å². The highest BCUT2D eigenvalue weighted by molar-refractivity contribution is 5.96. The molecule has 0 spiro atoms. The number of piperidine rings is 1. The van der Waals surface area contributed by atoms with Crippen molar-refractivity contribution < 1.29 is 0 Å². The van der Waals surface area contributed by atoms with Gasteiger partial charge in [-0.15, -0.1) is 5.92 Å². The average Bonchev–Trinajstić information content (AvgIpc) is 3.32. The lowest BCUT2D eigenvalue weighted by molar-refractivity contribution is 0.221. The largest absolute Gasteiger partial charge is 0.353 e. The van der Waals surface area contributed by atoms with Crippen molar-refractivity contribution in [3.63, 3.8) is 0 Å². The molecule has 0 bridgehead atoms. The maximum Gasteiger partial charge on any atom is 0.116 e. The van der Waals surface area contributed by atoms with Gasteiger partial charge in [-0.3, -0.25) is 10.00 Å². The molecule has 0 radical (unpaired) electrons. The molecule has 4 nitrogen and oxygen atoms in total. The van der Waals surface area contributed by atoms with E-state index >= 15 is 0 Å². The summed E-state index contributed by atoms with van der Waals surface area (Å²) in [6.07, 6.45) is 4.03. The van der Waals surface area contributed by atoms with Crippen LogP contribution in [0, 0.1) is 11.8 Å². The Morgan fingerprint density at radius 2 is 1.89 bits per heavy atom. The summed E-state index contributed by atoms with van der Waals surface area (Å²) in [5.41, 5.74) is 6.56. The minimum absolute atomic E-state index is 0.958. The van der Waals surface area contributed by atoms with Gasteiger partial charge in [0.1, 0.15) is 5.69 Å². The van der Waals surface area contributed by atoms with Gasteiger partial charge in [0.25, 0.3) is 0 Å². The lowest BCUT2D eigenvalue weighted by Crippen LogP contribution is -2.28. The molecule has 0 atom stereocenters. The Morgan fingerprint density at radius 3 is 2.75 bits per heavy atom. The molecule has 28 heavy (non-hydrogen) atoms. The standard InChI is InChI=1S/C24H24N4/c1-2-6-17-7-9-20-22(14-17)26-27-24(20)23-15-19-13-18(8-10-21(19)25-23)16-28-11-4-3-5-12-28/h7-10,13-15,25H,3-5,11-12,16H2,1H3,(H,26,27). The molecule has 5 rings (SSSR count). The molecule has 0 unspecified atom stereocenters. The zero-order chi connectivity index (χ0) is 18.9. The Balaban J connectivity index is 1.47. The first-order chi connectivity index (χ1) is 13.8. The zero-order valence-corrected chi connectivity index (χ0v) is 16.2. The number of aromatic amines is 2. The maximum atomic E-state index is 4.57. The molecule has 0 amide bonds. The van der Waals surface area contributed by atoms with Crippen LogP contribution in [-0.2, 0) is 6.54 Å². The Hall–Kier alpha value is -3.03. The predicted octanol–water partition coefficient (Wildman–Crippen LogP) is 5.07. The van der Waals surface area contributed by atoms with Crippen LogP contribution in [0.3, 0.4) is 0 Å². The number of H-pyrrole nitrogens is 2. The van der Waals surface area contributed by atoms with E-state index in [1.807, 2.05) is 6.92 Å². The fraction of sp³-hybridized carbons (Fsp3) is 0.292. The van der Waals surface area contributed by atoms with E-state index in [2.05, 4.69) is 74.4 Å². The molecule has 1 aliphatic heterocycles. The molecular formula is C24H24N4. The van der Waals surface area contributed by atoms with Gasteiger partial charge < -0.3 is 4.98 Å². The van der Waals surface area contributed by atoms with Crippen LogP contribution in [0.25, 0.3) is 33.2 Å². The number of nitrogens with one attached hydrogen (secondary N) is 2. The van der Waals surface area contributed by atoms with Crippen LogP contribution >= 0.6 is 0 Å². The molecule has 4 heteroatoms. The van der Waals surface area contributed by atoms with Crippen molar-refractivity contribution in [1.82, 2.24) is 20.1 Å². The SMILES string of the molecule is CC#Cc1ccc2c(-c3cc4cc(CN5CCCCC5)ccc4[nH]3)n[nH]c2c1. The number of hydrogen-bond donors (Lipinski definition) is 2. The van der Waals surface area contributed by atoms with Crippen LogP contribution in [0.1, 0.15) is 37.3 Å². The minimum Gasteiger partial charge on any atom is -0.353 e. The number of likely N-dealkylation sites (tertiary alicyclic amines) is 1. The lowest BCUT2D eigenvalue weighted by atomic mass is 10.1. The molecule has 0 saturated carbocycles. The van der Waals surface area contributed by atoms with Crippen molar-refractivity contribution in [2.24, 2.45) is 0 Å². The van der Waals surface area contributed by atoms with Crippen molar-refractivity contribution in [3.8, 4) is 23.2 Å². The van der Waals surface area contributed by atoms with Crippen LogP contribution in [0.15, 0.2) is 42.5 Å². The Labute approximate surface area is 164 Å². The van der Waals surface area contributed by atoms with Crippen molar-refractivity contribution in [2.75, 3.05) is 13.1 Å². The van der Waals surface area contributed by atoms with Crippen LogP contribution in [0.5, 0.6) is 0 Å². The van der Waals surface area contributed by atoms with Gasteiger partial charge in [0.05, 0.1) is 11.2 Å². The van der Waals surface area contributed by atoms with Crippen molar-refractivity contribution >= 4 is 21.8 Å². The van der Waals surface area contributed by atoms with Crippen LogP contribution in [0.4, 0.5) is 0 Å². The third kappa shape index (κ3) is 3.19. The second kappa shape index (κ2) is 7.18. The number of fused-ring (bicyclic) bond motifs is 2. The first-order valence-corrected chi connectivity index (χ1v) is 10.1. The number of benzene rings is 2. The Bertz CT molecular complexity index is 1200. The summed E-state index contributed by atoms with van der Waals surface area (Å²) >= 11 is 0.